The normalized spacial score (nSPS) is 24.6. The highest BCUT2D eigenvalue weighted by atomic mass is 16.5. The van der Waals surface area contributed by atoms with Crippen LogP contribution in [0.2, 0.25) is 0 Å². The summed E-state index contributed by atoms with van der Waals surface area (Å²) in [7, 11) is 0. The van der Waals surface area contributed by atoms with Crippen LogP contribution >= 0.6 is 0 Å². The van der Waals surface area contributed by atoms with Crippen LogP contribution in [0.4, 0.5) is 5.69 Å². The van der Waals surface area contributed by atoms with Crippen LogP contribution in [-0.2, 0) is 19.1 Å². The molecule has 2 aliphatic heterocycles. The first-order valence-corrected chi connectivity index (χ1v) is 8.85. The summed E-state index contributed by atoms with van der Waals surface area (Å²) in [5, 5.41) is 0. The van der Waals surface area contributed by atoms with E-state index in [4.69, 9.17) is 4.74 Å². The molecule has 2 saturated heterocycles. The number of imide groups is 1. The zero-order chi connectivity index (χ0) is 18.0. The number of carbonyl (C=O) groups excluding carboxylic acids is 3. The summed E-state index contributed by atoms with van der Waals surface area (Å²) in [6.07, 6.45) is 1.76. The Balaban J connectivity index is 1.74. The molecule has 1 aromatic rings. The van der Waals surface area contributed by atoms with Gasteiger partial charge in [0.25, 0.3) is 5.91 Å². The van der Waals surface area contributed by atoms with E-state index in [1.54, 1.807) is 13.0 Å². The second-order valence-corrected chi connectivity index (χ2v) is 6.71. The van der Waals surface area contributed by atoms with Crippen LogP contribution in [-0.4, -0.2) is 48.4 Å². The van der Waals surface area contributed by atoms with Crippen LogP contribution in [0.5, 0.6) is 0 Å². The van der Waals surface area contributed by atoms with E-state index in [-0.39, 0.29) is 30.1 Å². The molecular formula is C19H24N2O4. The van der Waals surface area contributed by atoms with Crippen molar-refractivity contribution in [2.24, 2.45) is 5.92 Å². The lowest BCUT2D eigenvalue weighted by Gasteiger charge is -2.34. The van der Waals surface area contributed by atoms with Crippen molar-refractivity contribution in [2.45, 2.75) is 39.2 Å². The van der Waals surface area contributed by atoms with Gasteiger partial charge in [-0.1, -0.05) is 12.1 Å². The first kappa shape index (κ1) is 17.6. The summed E-state index contributed by atoms with van der Waals surface area (Å²) in [5.74, 6) is -0.803. The highest BCUT2D eigenvalue weighted by Gasteiger charge is 2.44. The molecule has 0 N–H and O–H groups in total. The number of piperidine rings is 1. The number of nitrogens with zero attached hydrogens (tertiary/aromatic N) is 2. The van der Waals surface area contributed by atoms with E-state index in [9.17, 15) is 14.4 Å². The molecule has 0 unspecified atom stereocenters. The number of amides is 2. The lowest BCUT2D eigenvalue weighted by Crippen LogP contribution is -2.48. The third kappa shape index (κ3) is 3.58. The summed E-state index contributed by atoms with van der Waals surface area (Å²) in [4.78, 5) is 40.6. The SMILES string of the molecule is CCOC(=O)[C@H]1CCCN([C@@H]2CC(=O)N(c3cccc(C)c3)C2=O)C1. The van der Waals surface area contributed by atoms with E-state index in [1.807, 2.05) is 30.0 Å². The molecule has 0 radical (unpaired) electrons. The minimum atomic E-state index is -0.481. The van der Waals surface area contributed by atoms with Crippen molar-refractivity contribution in [1.29, 1.82) is 0 Å². The number of hydrogen-bond donors (Lipinski definition) is 0. The number of carbonyl (C=O) groups is 3. The van der Waals surface area contributed by atoms with Gasteiger partial charge in [0, 0.05) is 6.54 Å². The molecule has 2 atom stereocenters. The molecule has 0 aliphatic carbocycles. The summed E-state index contributed by atoms with van der Waals surface area (Å²) in [5.41, 5.74) is 1.62. The largest absolute Gasteiger partial charge is 0.466 e. The van der Waals surface area contributed by atoms with Crippen LogP contribution in [0.3, 0.4) is 0 Å². The molecule has 2 fully saturated rings. The smallest absolute Gasteiger partial charge is 0.310 e. The van der Waals surface area contributed by atoms with E-state index < -0.39 is 6.04 Å². The Bertz CT molecular complexity index is 688. The molecule has 1 aromatic carbocycles. The maximum atomic E-state index is 12.9. The lowest BCUT2D eigenvalue weighted by atomic mass is 9.96. The predicted octanol–water partition coefficient (Wildman–Crippen LogP) is 1.90. The summed E-state index contributed by atoms with van der Waals surface area (Å²) >= 11 is 0. The Morgan fingerprint density at radius 1 is 1.32 bits per heavy atom. The fraction of sp³-hybridized carbons (Fsp3) is 0.526. The zero-order valence-electron chi connectivity index (χ0n) is 14.7. The molecule has 6 nitrogen and oxygen atoms in total. The second kappa shape index (κ2) is 7.35. The fourth-order valence-electron chi connectivity index (χ4n) is 3.68. The number of esters is 1. The second-order valence-electron chi connectivity index (χ2n) is 6.71. The van der Waals surface area contributed by atoms with Gasteiger partial charge >= 0.3 is 5.97 Å². The van der Waals surface area contributed by atoms with Crippen molar-refractivity contribution in [3.63, 3.8) is 0 Å². The van der Waals surface area contributed by atoms with Crippen LogP contribution in [0.15, 0.2) is 24.3 Å². The number of hydrogen-bond acceptors (Lipinski definition) is 5. The van der Waals surface area contributed by atoms with Gasteiger partial charge in [-0.05, 0) is 50.9 Å². The molecule has 2 heterocycles. The zero-order valence-corrected chi connectivity index (χ0v) is 14.7. The predicted molar refractivity (Wildman–Crippen MR) is 93.0 cm³/mol. The van der Waals surface area contributed by atoms with Gasteiger partial charge in [0.2, 0.25) is 5.91 Å². The Kier molecular flexibility index (Phi) is 5.18. The quantitative estimate of drug-likeness (QED) is 0.616. The van der Waals surface area contributed by atoms with Crippen LogP contribution in [0.1, 0.15) is 31.7 Å². The number of aryl methyl sites for hydroxylation is 1. The Labute approximate surface area is 147 Å². The molecule has 6 heteroatoms. The Morgan fingerprint density at radius 2 is 2.12 bits per heavy atom. The van der Waals surface area contributed by atoms with Crippen molar-refractivity contribution in [3.05, 3.63) is 29.8 Å². The summed E-state index contributed by atoms with van der Waals surface area (Å²) in [6, 6.07) is 6.92. The Hall–Kier alpha value is -2.21. The first-order valence-electron chi connectivity index (χ1n) is 8.85. The van der Waals surface area contributed by atoms with E-state index in [0.717, 1.165) is 24.9 Å². The van der Waals surface area contributed by atoms with Crippen molar-refractivity contribution in [3.8, 4) is 0 Å². The van der Waals surface area contributed by atoms with E-state index >= 15 is 0 Å². The number of benzene rings is 1. The third-order valence-corrected chi connectivity index (χ3v) is 4.90. The maximum Gasteiger partial charge on any atom is 0.310 e. The van der Waals surface area contributed by atoms with Gasteiger partial charge in [0.05, 0.1) is 30.7 Å². The molecule has 0 aromatic heterocycles. The van der Waals surface area contributed by atoms with E-state index in [2.05, 4.69) is 0 Å². The molecule has 2 aliphatic rings. The fourth-order valence-corrected chi connectivity index (χ4v) is 3.68. The van der Waals surface area contributed by atoms with Gasteiger partial charge < -0.3 is 4.74 Å². The lowest BCUT2D eigenvalue weighted by molar-refractivity contribution is -0.150. The minimum Gasteiger partial charge on any atom is -0.466 e. The number of ether oxygens (including phenoxy) is 1. The highest BCUT2D eigenvalue weighted by Crippen LogP contribution is 2.29. The first-order chi connectivity index (χ1) is 12.0. The molecule has 2 amide bonds. The third-order valence-electron chi connectivity index (χ3n) is 4.90. The van der Waals surface area contributed by atoms with E-state index in [1.165, 1.54) is 4.90 Å². The number of rotatable bonds is 4. The van der Waals surface area contributed by atoms with Gasteiger partial charge in [-0.2, -0.15) is 0 Å². The van der Waals surface area contributed by atoms with E-state index in [0.29, 0.717) is 18.8 Å². The molecule has 3 rings (SSSR count). The number of likely N-dealkylation sites (tertiary alicyclic amines) is 1. The van der Waals surface area contributed by atoms with Crippen molar-refractivity contribution >= 4 is 23.5 Å². The Morgan fingerprint density at radius 3 is 2.84 bits per heavy atom. The molecular weight excluding hydrogens is 320 g/mol. The average molecular weight is 344 g/mol. The molecule has 0 spiro atoms. The highest BCUT2D eigenvalue weighted by molar-refractivity contribution is 6.22. The van der Waals surface area contributed by atoms with Gasteiger partial charge in [-0.15, -0.1) is 0 Å². The van der Waals surface area contributed by atoms with Crippen LogP contribution < -0.4 is 4.90 Å². The van der Waals surface area contributed by atoms with Gasteiger partial charge in [-0.25, -0.2) is 4.90 Å². The van der Waals surface area contributed by atoms with Gasteiger partial charge in [0.15, 0.2) is 0 Å². The van der Waals surface area contributed by atoms with Crippen LogP contribution in [0.25, 0.3) is 0 Å². The van der Waals surface area contributed by atoms with Crippen molar-refractivity contribution in [2.75, 3.05) is 24.6 Å². The molecule has 134 valence electrons. The average Bonchev–Trinajstić information content (AvgIpc) is 2.90. The van der Waals surface area contributed by atoms with Gasteiger partial charge in [-0.3, -0.25) is 19.3 Å². The van der Waals surface area contributed by atoms with Gasteiger partial charge in [0.1, 0.15) is 0 Å². The molecule has 25 heavy (non-hydrogen) atoms. The molecule has 0 saturated carbocycles. The van der Waals surface area contributed by atoms with Crippen LogP contribution in [0, 0.1) is 12.8 Å². The summed E-state index contributed by atoms with van der Waals surface area (Å²) in [6.45, 7) is 5.28. The maximum absolute atomic E-state index is 12.9. The topological polar surface area (TPSA) is 66.9 Å². The summed E-state index contributed by atoms with van der Waals surface area (Å²) < 4.78 is 5.12. The van der Waals surface area contributed by atoms with Crippen molar-refractivity contribution < 1.29 is 19.1 Å². The standard InChI is InChI=1S/C19H24N2O4/c1-3-25-19(24)14-7-5-9-20(12-14)16-11-17(22)21(18(16)23)15-8-4-6-13(2)10-15/h4,6,8,10,14,16H,3,5,7,9,11-12H2,1-2H3/t14-,16+/m0/s1. The molecule has 0 bridgehead atoms. The number of anilines is 1. The van der Waals surface area contributed by atoms with Crippen molar-refractivity contribution in [1.82, 2.24) is 4.90 Å². The monoisotopic (exact) mass is 344 g/mol. The minimum absolute atomic E-state index is 0.169.